The van der Waals surface area contributed by atoms with Crippen LogP contribution in [0, 0.1) is 18.2 Å². The highest BCUT2D eigenvalue weighted by molar-refractivity contribution is 9.10. The molecular weight excluding hydrogens is 285 g/mol. The second kappa shape index (κ2) is 6.41. The molecule has 4 heteroatoms. The molecule has 0 aliphatic rings. The van der Waals surface area contributed by atoms with Gasteiger partial charge in [0.1, 0.15) is 5.82 Å². The van der Waals surface area contributed by atoms with Gasteiger partial charge in [0.25, 0.3) is 5.91 Å². The molecular formula is C13H13BrFNO. The number of amides is 1. The summed E-state index contributed by atoms with van der Waals surface area (Å²) in [6.07, 6.45) is 6.05. The molecule has 0 bridgehead atoms. The fourth-order valence-corrected chi connectivity index (χ4v) is 1.82. The lowest BCUT2D eigenvalue weighted by Gasteiger charge is -2.19. The van der Waals surface area contributed by atoms with E-state index in [2.05, 4.69) is 21.9 Å². The van der Waals surface area contributed by atoms with Gasteiger partial charge in [0.05, 0.1) is 11.0 Å². The molecule has 0 fully saturated rings. The minimum absolute atomic E-state index is 0.175. The van der Waals surface area contributed by atoms with Crippen LogP contribution in [0.5, 0.6) is 0 Å². The first-order valence-corrected chi connectivity index (χ1v) is 6.07. The summed E-state index contributed by atoms with van der Waals surface area (Å²) in [4.78, 5) is 13.6. The second-order valence-corrected chi connectivity index (χ2v) is 4.41. The third kappa shape index (κ3) is 3.57. The van der Waals surface area contributed by atoms with Crippen LogP contribution >= 0.6 is 15.9 Å². The van der Waals surface area contributed by atoms with Gasteiger partial charge in [0, 0.05) is 12.1 Å². The molecule has 0 spiro atoms. The van der Waals surface area contributed by atoms with Crippen molar-refractivity contribution in [1.82, 2.24) is 4.90 Å². The molecule has 0 saturated carbocycles. The van der Waals surface area contributed by atoms with E-state index in [9.17, 15) is 9.18 Å². The minimum atomic E-state index is -0.388. The third-order valence-electron chi connectivity index (χ3n) is 2.23. The molecule has 17 heavy (non-hydrogen) atoms. The van der Waals surface area contributed by atoms with Crippen LogP contribution in [-0.2, 0) is 0 Å². The summed E-state index contributed by atoms with van der Waals surface area (Å²) in [7, 11) is 0. The highest BCUT2D eigenvalue weighted by Gasteiger charge is 2.15. The Morgan fingerprint density at radius 3 is 2.82 bits per heavy atom. The van der Waals surface area contributed by atoms with Crippen molar-refractivity contribution in [2.45, 2.75) is 13.3 Å². The molecule has 0 aromatic heterocycles. The van der Waals surface area contributed by atoms with Crippen molar-refractivity contribution in [3.8, 4) is 12.3 Å². The molecule has 2 nitrogen and oxygen atoms in total. The first-order chi connectivity index (χ1) is 8.10. The fourth-order valence-electron chi connectivity index (χ4n) is 1.44. The molecule has 1 rings (SSSR count). The van der Waals surface area contributed by atoms with Crippen LogP contribution in [0.15, 0.2) is 22.7 Å². The molecule has 0 N–H and O–H groups in total. The molecule has 0 aliphatic heterocycles. The SMILES string of the molecule is C#CCN(CCC)C(=O)c1ccc(F)c(Br)c1. The van der Waals surface area contributed by atoms with E-state index in [1.54, 1.807) is 4.90 Å². The van der Waals surface area contributed by atoms with Gasteiger partial charge in [-0.25, -0.2) is 4.39 Å². The maximum absolute atomic E-state index is 13.1. The van der Waals surface area contributed by atoms with Crippen molar-refractivity contribution < 1.29 is 9.18 Å². The number of terminal acetylenes is 1. The number of carbonyl (C=O) groups is 1. The lowest BCUT2D eigenvalue weighted by atomic mass is 10.2. The maximum atomic E-state index is 13.1. The van der Waals surface area contributed by atoms with E-state index in [1.165, 1.54) is 18.2 Å². The molecule has 0 heterocycles. The predicted molar refractivity (Wildman–Crippen MR) is 69.1 cm³/mol. The molecule has 1 aromatic carbocycles. The summed E-state index contributed by atoms with van der Waals surface area (Å²) in [5.41, 5.74) is 0.432. The molecule has 90 valence electrons. The van der Waals surface area contributed by atoms with Gasteiger partial charge in [-0.05, 0) is 40.5 Å². The van der Waals surface area contributed by atoms with Gasteiger partial charge in [0.2, 0.25) is 0 Å². The second-order valence-electron chi connectivity index (χ2n) is 3.56. The first-order valence-electron chi connectivity index (χ1n) is 5.28. The average molecular weight is 298 g/mol. The van der Waals surface area contributed by atoms with Crippen LogP contribution in [0.2, 0.25) is 0 Å². The number of halogens is 2. The zero-order valence-corrected chi connectivity index (χ0v) is 11.1. The van der Waals surface area contributed by atoms with Crippen molar-refractivity contribution in [2.75, 3.05) is 13.1 Å². The summed E-state index contributed by atoms with van der Waals surface area (Å²) >= 11 is 3.06. The van der Waals surface area contributed by atoms with E-state index < -0.39 is 0 Å². The van der Waals surface area contributed by atoms with Gasteiger partial charge in [-0.2, -0.15) is 0 Å². The van der Waals surface area contributed by atoms with E-state index in [-0.39, 0.29) is 22.7 Å². The molecule has 1 aromatic rings. The minimum Gasteiger partial charge on any atom is -0.328 e. The number of carbonyl (C=O) groups excluding carboxylic acids is 1. The molecule has 0 saturated heterocycles. The smallest absolute Gasteiger partial charge is 0.254 e. The number of hydrogen-bond donors (Lipinski definition) is 0. The Labute approximate surface area is 109 Å². The molecule has 0 radical (unpaired) electrons. The standard InChI is InChI=1S/C13H13BrFNO/c1-3-7-16(8-4-2)13(17)10-5-6-12(15)11(14)9-10/h1,5-6,9H,4,7-8H2,2H3. The Hall–Kier alpha value is -1.34. The Morgan fingerprint density at radius 2 is 2.29 bits per heavy atom. The normalized spacial score (nSPS) is 9.76. The highest BCUT2D eigenvalue weighted by atomic mass is 79.9. The van der Waals surface area contributed by atoms with Crippen molar-refractivity contribution in [1.29, 1.82) is 0 Å². The largest absolute Gasteiger partial charge is 0.328 e. The summed E-state index contributed by atoms with van der Waals surface area (Å²) in [6.45, 7) is 2.83. The number of rotatable bonds is 4. The quantitative estimate of drug-likeness (QED) is 0.782. The lowest BCUT2D eigenvalue weighted by molar-refractivity contribution is 0.0777. The Balaban J connectivity index is 2.93. The summed E-state index contributed by atoms with van der Waals surface area (Å²) in [5.74, 6) is 1.88. The summed E-state index contributed by atoms with van der Waals surface area (Å²) in [6, 6.07) is 4.19. The fraction of sp³-hybridized carbons (Fsp3) is 0.308. The van der Waals surface area contributed by atoms with E-state index in [0.29, 0.717) is 12.1 Å². The Kier molecular flexibility index (Phi) is 5.17. The van der Waals surface area contributed by atoms with Crippen LogP contribution in [0.25, 0.3) is 0 Å². The number of hydrogen-bond acceptors (Lipinski definition) is 1. The molecule has 0 unspecified atom stereocenters. The van der Waals surface area contributed by atoms with Gasteiger partial charge in [0.15, 0.2) is 0 Å². The predicted octanol–water partition coefficient (Wildman–Crippen LogP) is 3.07. The molecule has 0 aliphatic carbocycles. The highest BCUT2D eigenvalue weighted by Crippen LogP contribution is 2.18. The zero-order chi connectivity index (χ0) is 12.8. The van der Waals surface area contributed by atoms with Gasteiger partial charge in [-0.1, -0.05) is 12.8 Å². The zero-order valence-electron chi connectivity index (χ0n) is 9.54. The van der Waals surface area contributed by atoms with Crippen molar-refractivity contribution in [3.05, 3.63) is 34.1 Å². The van der Waals surface area contributed by atoms with Crippen LogP contribution < -0.4 is 0 Å². The van der Waals surface area contributed by atoms with Gasteiger partial charge >= 0.3 is 0 Å². The Bertz CT molecular complexity index is 453. The van der Waals surface area contributed by atoms with Crippen LogP contribution in [0.4, 0.5) is 4.39 Å². The van der Waals surface area contributed by atoms with E-state index >= 15 is 0 Å². The van der Waals surface area contributed by atoms with Gasteiger partial charge < -0.3 is 4.90 Å². The van der Waals surface area contributed by atoms with Gasteiger partial charge in [-0.3, -0.25) is 4.79 Å². The lowest BCUT2D eigenvalue weighted by Crippen LogP contribution is -2.32. The number of nitrogens with zero attached hydrogens (tertiary/aromatic N) is 1. The van der Waals surface area contributed by atoms with E-state index in [0.717, 1.165) is 6.42 Å². The van der Waals surface area contributed by atoms with Crippen molar-refractivity contribution in [3.63, 3.8) is 0 Å². The van der Waals surface area contributed by atoms with Crippen LogP contribution in [0.1, 0.15) is 23.7 Å². The van der Waals surface area contributed by atoms with E-state index in [4.69, 9.17) is 6.42 Å². The maximum Gasteiger partial charge on any atom is 0.254 e. The van der Waals surface area contributed by atoms with E-state index in [1.807, 2.05) is 6.92 Å². The molecule has 0 atom stereocenters. The number of benzene rings is 1. The average Bonchev–Trinajstić information content (AvgIpc) is 2.31. The molecule has 1 amide bonds. The third-order valence-corrected chi connectivity index (χ3v) is 2.84. The topological polar surface area (TPSA) is 20.3 Å². The van der Waals surface area contributed by atoms with Crippen LogP contribution in [-0.4, -0.2) is 23.9 Å². The van der Waals surface area contributed by atoms with Gasteiger partial charge in [-0.15, -0.1) is 6.42 Å². The monoisotopic (exact) mass is 297 g/mol. The van der Waals surface area contributed by atoms with Crippen LogP contribution in [0.3, 0.4) is 0 Å². The summed E-state index contributed by atoms with van der Waals surface area (Å²) in [5, 5.41) is 0. The summed E-state index contributed by atoms with van der Waals surface area (Å²) < 4.78 is 13.3. The van der Waals surface area contributed by atoms with Crippen molar-refractivity contribution >= 4 is 21.8 Å². The Morgan fingerprint density at radius 1 is 1.59 bits per heavy atom. The van der Waals surface area contributed by atoms with Crippen molar-refractivity contribution in [2.24, 2.45) is 0 Å². The first kappa shape index (κ1) is 13.7.